The van der Waals surface area contributed by atoms with Crippen LogP contribution in [0, 0.1) is 5.92 Å². The van der Waals surface area contributed by atoms with Crippen LogP contribution in [0.3, 0.4) is 0 Å². The van der Waals surface area contributed by atoms with E-state index in [0.717, 1.165) is 31.2 Å². The minimum Gasteiger partial charge on any atom is -0.274 e. The number of benzene rings is 1. The van der Waals surface area contributed by atoms with Crippen molar-refractivity contribution in [3.05, 3.63) is 35.9 Å². The predicted molar refractivity (Wildman–Crippen MR) is 74.0 cm³/mol. The van der Waals surface area contributed by atoms with Crippen LogP contribution >= 0.6 is 0 Å². The zero-order chi connectivity index (χ0) is 13.7. The monoisotopic (exact) mass is 281 g/mol. The average Bonchev–Trinajstić information content (AvgIpc) is 2.91. The molecule has 0 bridgehead atoms. The quantitative estimate of drug-likeness (QED) is 0.896. The van der Waals surface area contributed by atoms with Crippen molar-refractivity contribution in [3.8, 4) is 0 Å². The third-order valence-corrected chi connectivity index (χ3v) is 4.74. The maximum atomic E-state index is 11.8. The number of nitrogens with one attached hydrogen (secondary N) is 1. The van der Waals surface area contributed by atoms with Crippen molar-refractivity contribution in [2.45, 2.75) is 32.1 Å². The van der Waals surface area contributed by atoms with Crippen LogP contribution in [0.15, 0.2) is 30.3 Å². The molecule has 19 heavy (non-hydrogen) atoms. The van der Waals surface area contributed by atoms with Crippen molar-refractivity contribution in [2.24, 2.45) is 5.92 Å². The molecule has 0 aliphatic heterocycles. The Morgan fingerprint density at radius 3 is 2.42 bits per heavy atom. The lowest BCUT2D eigenvalue weighted by atomic mass is 10.1. The molecule has 4 nitrogen and oxygen atoms in total. The van der Waals surface area contributed by atoms with Gasteiger partial charge in [-0.1, -0.05) is 43.2 Å². The molecule has 1 aliphatic carbocycles. The van der Waals surface area contributed by atoms with Gasteiger partial charge in [-0.25, -0.2) is 8.42 Å². The Bertz CT molecular complexity index is 519. The molecule has 1 aromatic carbocycles. The Labute approximate surface area is 114 Å². The van der Waals surface area contributed by atoms with E-state index in [9.17, 15) is 13.2 Å². The largest absolute Gasteiger partial charge is 0.274 e. The van der Waals surface area contributed by atoms with Crippen LogP contribution in [-0.4, -0.2) is 20.1 Å². The first kappa shape index (κ1) is 14.1. The number of aryl methyl sites for hydroxylation is 1. The standard InChI is InChI=1S/C14H19NO3S/c16-14(13-8-4-5-9-13)15-19(17,18)11-10-12-6-2-1-3-7-12/h1-3,6-7,13H,4-5,8-11H2,(H,15,16). The summed E-state index contributed by atoms with van der Waals surface area (Å²) in [5.74, 6) is -0.493. The summed E-state index contributed by atoms with van der Waals surface area (Å²) in [5, 5.41) is 0. The van der Waals surface area contributed by atoms with Gasteiger partial charge < -0.3 is 0 Å². The Balaban J connectivity index is 1.86. The van der Waals surface area contributed by atoms with E-state index in [1.54, 1.807) is 0 Å². The van der Waals surface area contributed by atoms with Crippen LogP contribution in [0.4, 0.5) is 0 Å². The second-order valence-electron chi connectivity index (χ2n) is 5.00. The summed E-state index contributed by atoms with van der Waals surface area (Å²) in [6.07, 6.45) is 4.07. The number of hydrogen-bond acceptors (Lipinski definition) is 3. The topological polar surface area (TPSA) is 63.2 Å². The van der Waals surface area contributed by atoms with Crippen molar-refractivity contribution >= 4 is 15.9 Å². The summed E-state index contributed by atoms with van der Waals surface area (Å²) in [7, 11) is -3.52. The van der Waals surface area contributed by atoms with Crippen molar-refractivity contribution < 1.29 is 13.2 Å². The lowest BCUT2D eigenvalue weighted by Crippen LogP contribution is -2.36. The molecule has 0 unspecified atom stereocenters. The van der Waals surface area contributed by atoms with Crippen molar-refractivity contribution in [1.82, 2.24) is 4.72 Å². The second-order valence-corrected chi connectivity index (χ2v) is 6.84. The van der Waals surface area contributed by atoms with E-state index in [1.165, 1.54) is 0 Å². The van der Waals surface area contributed by atoms with E-state index >= 15 is 0 Å². The molecule has 0 saturated heterocycles. The highest BCUT2D eigenvalue weighted by molar-refractivity contribution is 7.90. The third kappa shape index (κ3) is 4.35. The lowest BCUT2D eigenvalue weighted by Gasteiger charge is -2.10. The first-order valence-electron chi connectivity index (χ1n) is 6.65. The third-order valence-electron chi connectivity index (χ3n) is 3.48. The summed E-state index contributed by atoms with van der Waals surface area (Å²) in [6, 6.07) is 9.40. The van der Waals surface area contributed by atoms with E-state index in [0.29, 0.717) is 6.42 Å². The minimum absolute atomic E-state index is 0.0462. The van der Waals surface area contributed by atoms with Gasteiger partial charge in [0.15, 0.2) is 0 Å². The maximum Gasteiger partial charge on any atom is 0.236 e. The normalized spacial score (nSPS) is 16.4. The molecule has 1 amide bonds. The fourth-order valence-electron chi connectivity index (χ4n) is 2.37. The van der Waals surface area contributed by atoms with Crippen LogP contribution in [0.5, 0.6) is 0 Å². The molecule has 0 spiro atoms. The van der Waals surface area contributed by atoms with Gasteiger partial charge in [-0.15, -0.1) is 0 Å². The van der Waals surface area contributed by atoms with Crippen molar-refractivity contribution in [1.29, 1.82) is 0 Å². The zero-order valence-corrected chi connectivity index (χ0v) is 11.7. The van der Waals surface area contributed by atoms with Gasteiger partial charge in [0.25, 0.3) is 0 Å². The van der Waals surface area contributed by atoms with Crippen LogP contribution < -0.4 is 4.72 Å². The maximum absolute atomic E-state index is 11.8. The highest BCUT2D eigenvalue weighted by Crippen LogP contribution is 2.24. The molecule has 5 heteroatoms. The number of hydrogen-bond donors (Lipinski definition) is 1. The molecule has 1 aromatic rings. The molecule has 0 radical (unpaired) electrons. The van der Waals surface area contributed by atoms with E-state index in [4.69, 9.17) is 0 Å². The lowest BCUT2D eigenvalue weighted by molar-refractivity contribution is -0.122. The van der Waals surface area contributed by atoms with Gasteiger partial charge in [0.1, 0.15) is 0 Å². The smallest absolute Gasteiger partial charge is 0.236 e. The first-order chi connectivity index (χ1) is 9.07. The molecular weight excluding hydrogens is 262 g/mol. The van der Waals surface area contributed by atoms with E-state index in [1.807, 2.05) is 30.3 Å². The summed E-state index contributed by atoms with van der Waals surface area (Å²) >= 11 is 0. The highest BCUT2D eigenvalue weighted by Gasteiger charge is 2.25. The van der Waals surface area contributed by atoms with E-state index < -0.39 is 10.0 Å². The van der Waals surface area contributed by atoms with Crippen molar-refractivity contribution in [3.63, 3.8) is 0 Å². The second kappa shape index (κ2) is 6.19. The molecule has 0 heterocycles. The molecule has 104 valence electrons. The number of rotatable bonds is 5. The number of amides is 1. The van der Waals surface area contributed by atoms with Crippen molar-refractivity contribution in [2.75, 3.05) is 5.75 Å². The molecule has 1 aliphatic rings. The van der Waals surface area contributed by atoms with Gasteiger partial charge in [0, 0.05) is 5.92 Å². The van der Waals surface area contributed by atoms with Crippen LogP contribution in [0.2, 0.25) is 0 Å². The SMILES string of the molecule is O=C(NS(=O)(=O)CCc1ccccc1)C1CCCC1. The van der Waals surface area contributed by atoms with Crippen LogP contribution in [0.25, 0.3) is 0 Å². The number of carbonyl (C=O) groups is 1. The average molecular weight is 281 g/mol. The van der Waals surface area contributed by atoms with E-state index in [2.05, 4.69) is 4.72 Å². The van der Waals surface area contributed by atoms with Gasteiger partial charge in [-0.3, -0.25) is 9.52 Å². The Morgan fingerprint density at radius 2 is 1.79 bits per heavy atom. The van der Waals surface area contributed by atoms with Gasteiger partial charge in [-0.2, -0.15) is 0 Å². The fraction of sp³-hybridized carbons (Fsp3) is 0.500. The summed E-state index contributed by atoms with van der Waals surface area (Å²) in [5.41, 5.74) is 0.959. The molecule has 0 atom stereocenters. The van der Waals surface area contributed by atoms with Gasteiger partial charge >= 0.3 is 0 Å². The van der Waals surface area contributed by atoms with E-state index in [-0.39, 0.29) is 17.6 Å². The number of carbonyl (C=O) groups excluding carboxylic acids is 1. The van der Waals surface area contributed by atoms with Gasteiger partial charge in [0.05, 0.1) is 5.75 Å². The van der Waals surface area contributed by atoms with Gasteiger partial charge in [-0.05, 0) is 24.8 Å². The van der Waals surface area contributed by atoms with Gasteiger partial charge in [0.2, 0.25) is 15.9 Å². The molecule has 2 rings (SSSR count). The summed E-state index contributed by atoms with van der Waals surface area (Å²) < 4.78 is 25.9. The Hall–Kier alpha value is -1.36. The Kier molecular flexibility index (Phi) is 4.58. The molecule has 1 N–H and O–H groups in total. The molecule has 1 fully saturated rings. The number of sulfonamides is 1. The Morgan fingerprint density at radius 1 is 1.16 bits per heavy atom. The summed E-state index contributed by atoms with van der Waals surface area (Å²) in [6.45, 7) is 0. The zero-order valence-electron chi connectivity index (χ0n) is 10.8. The fourth-order valence-corrected chi connectivity index (χ4v) is 3.45. The van der Waals surface area contributed by atoms with Crippen LogP contribution in [-0.2, 0) is 21.2 Å². The van der Waals surface area contributed by atoms with Crippen LogP contribution in [0.1, 0.15) is 31.2 Å². The molecule has 0 aromatic heterocycles. The molecular formula is C14H19NO3S. The predicted octanol–water partition coefficient (Wildman–Crippen LogP) is 1.87. The first-order valence-corrected chi connectivity index (χ1v) is 8.30. The highest BCUT2D eigenvalue weighted by atomic mass is 32.2. The minimum atomic E-state index is -3.52. The molecule has 1 saturated carbocycles. The summed E-state index contributed by atoms with van der Waals surface area (Å²) in [4.78, 5) is 11.8.